The number of nitrogens with zero attached hydrogens (tertiary/aromatic N) is 1. The maximum atomic E-state index is 13.3. The van der Waals surface area contributed by atoms with Crippen LogP contribution in [0, 0.1) is 0 Å². The number of imide groups is 1. The molecule has 0 aromatic heterocycles. The van der Waals surface area contributed by atoms with Crippen molar-refractivity contribution >= 4 is 23.5 Å². The van der Waals surface area contributed by atoms with Gasteiger partial charge >= 0.3 is 6.03 Å². The smallest absolute Gasteiger partial charge is 0.325 e. The van der Waals surface area contributed by atoms with Gasteiger partial charge in [0.25, 0.3) is 5.91 Å². The number of fused-ring (bicyclic) bond motifs is 1. The van der Waals surface area contributed by atoms with Crippen molar-refractivity contribution in [2.45, 2.75) is 18.9 Å². The molecule has 3 aromatic carbocycles. The summed E-state index contributed by atoms with van der Waals surface area (Å²) in [5.41, 5.74) is 1.92. The number of rotatable bonds is 6. The van der Waals surface area contributed by atoms with Gasteiger partial charge in [-0.1, -0.05) is 54.6 Å². The maximum absolute atomic E-state index is 13.3. The molecule has 178 valence electrons. The fraction of sp³-hybridized carbons (Fsp3) is 0.222. The number of para-hydroxylation sites is 1. The first-order valence-electron chi connectivity index (χ1n) is 11.4. The lowest BCUT2D eigenvalue weighted by Gasteiger charge is -2.25. The second-order valence-electron chi connectivity index (χ2n) is 8.67. The Balaban J connectivity index is 1.30. The summed E-state index contributed by atoms with van der Waals surface area (Å²) < 4.78 is 11.2. The zero-order valence-corrected chi connectivity index (χ0v) is 19.2. The van der Waals surface area contributed by atoms with Crippen molar-refractivity contribution in [2.24, 2.45) is 0 Å². The molecule has 0 saturated carbocycles. The molecule has 1 atom stereocenters. The van der Waals surface area contributed by atoms with E-state index in [2.05, 4.69) is 10.6 Å². The van der Waals surface area contributed by atoms with Crippen LogP contribution in [0.5, 0.6) is 11.5 Å². The summed E-state index contributed by atoms with van der Waals surface area (Å²) in [6.45, 7) is 2.08. The third kappa shape index (κ3) is 4.42. The minimum Gasteiger partial charge on any atom is -0.486 e. The molecule has 0 radical (unpaired) electrons. The van der Waals surface area contributed by atoms with Crippen LogP contribution < -0.4 is 20.1 Å². The lowest BCUT2D eigenvalue weighted by molar-refractivity contribution is -0.133. The van der Waals surface area contributed by atoms with Crippen LogP contribution in [-0.2, 0) is 21.5 Å². The normalized spacial score (nSPS) is 18.8. The van der Waals surface area contributed by atoms with Gasteiger partial charge in [0.15, 0.2) is 11.5 Å². The van der Waals surface area contributed by atoms with Crippen LogP contribution in [0.4, 0.5) is 10.5 Å². The van der Waals surface area contributed by atoms with Crippen molar-refractivity contribution in [1.29, 1.82) is 0 Å². The number of amides is 4. The third-order valence-electron chi connectivity index (χ3n) is 6.23. The molecule has 1 unspecified atom stereocenters. The molecule has 2 aliphatic rings. The van der Waals surface area contributed by atoms with Crippen LogP contribution >= 0.6 is 0 Å². The minimum atomic E-state index is -1.32. The van der Waals surface area contributed by atoms with Crippen LogP contribution in [-0.4, -0.2) is 42.5 Å². The second-order valence-corrected chi connectivity index (χ2v) is 8.67. The Morgan fingerprint density at radius 1 is 0.971 bits per heavy atom. The summed E-state index contributed by atoms with van der Waals surface area (Å²) in [4.78, 5) is 39.8. The van der Waals surface area contributed by atoms with Crippen molar-refractivity contribution in [3.8, 4) is 11.5 Å². The van der Waals surface area contributed by atoms with Gasteiger partial charge in [-0.15, -0.1) is 0 Å². The van der Waals surface area contributed by atoms with Crippen molar-refractivity contribution < 1.29 is 23.9 Å². The lowest BCUT2D eigenvalue weighted by atomic mass is 9.91. The van der Waals surface area contributed by atoms with Crippen molar-refractivity contribution in [1.82, 2.24) is 10.2 Å². The van der Waals surface area contributed by atoms with E-state index >= 15 is 0 Å². The van der Waals surface area contributed by atoms with Gasteiger partial charge in [-0.25, -0.2) is 4.79 Å². The van der Waals surface area contributed by atoms with E-state index in [0.717, 1.165) is 16.0 Å². The predicted molar refractivity (Wildman–Crippen MR) is 129 cm³/mol. The van der Waals surface area contributed by atoms with Crippen LogP contribution in [0.25, 0.3) is 0 Å². The molecule has 0 bridgehead atoms. The van der Waals surface area contributed by atoms with Gasteiger partial charge in [-0.3, -0.25) is 14.5 Å². The zero-order chi connectivity index (χ0) is 24.4. The van der Waals surface area contributed by atoms with E-state index in [4.69, 9.17) is 9.47 Å². The average molecular weight is 472 g/mol. The Morgan fingerprint density at radius 3 is 2.49 bits per heavy atom. The van der Waals surface area contributed by atoms with Crippen molar-refractivity contribution in [3.63, 3.8) is 0 Å². The molecule has 3 aromatic rings. The molecule has 5 rings (SSSR count). The van der Waals surface area contributed by atoms with Crippen LogP contribution in [0.2, 0.25) is 0 Å². The van der Waals surface area contributed by atoms with Crippen molar-refractivity contribution in [2.75, 3.05) is 25.1 Å². The Hall–Kier alpha value is -4.33. The van der Waals surface area contributed by atoms with Gasteiger partial charge in [0.05, 0.1) is 0 Å². The van der Waals surface area contributed by atoms with Gasteiger partial charge in [0.2, 0.25) is 5.91 Å². The fourth-order valence-electron chi connectivity index (χ4n) is 4.34. The standard InChI is InChI=1S/C27H25N3O5/c1-27(20-11-12-22-23(16-20)35-14-13-34-22)25(32)30(26(33)29-27)17-24(31)28-21-10-6-5-9-19(21)15-18-7-3-2-4-8-18/h2-12,16H,13-15,17H2,1H3,(H,28,31)(H,29,33). The first-order valence-corrected chi connectivity index (χ1v) is 11.4. The third-order valence-corrected chi connectivity index (χ3v) is 6.23. The number of anilines is 1. The van der Waals surface area contributed by atoms with E-state index in [1.165, 1.54) is 0 Å². The van der Waals surface area contributed by atoms with E-state index in [1.54, 1.807) is 31.2 Å². The Labute approximate surface area is 202 Å². The van der Waals surface area contributed by atoms with Crippen LogP contribution in [0.15, 0.2) is 72.8 Å². The highest BCUT2D eigenvalue weighted by Crippen LogP contribution is 2.36. The first-order chi connectivity index (χ1) is 16.9. The number of hydrogen-bond acceptors (Lipinski definition) is 5. The number of benzene rings is 3. The average Bonchev–Trinajstić information content (AvgIpc) is 3.09. The molecule has 2 heterocycles. The molecule has 4 amide bonds. The number of ether oxygens (including phenoxy) is 2. The molecule has 35 heavy (non-hydrogen) atoms. The molecule has 2 aliphatic heterocycles. The number of hydrogen-bond donors (Lipinski definition) is 2. The topological polar surface area (TPSA) is 97.0 Å². The highest BCUT2D eigenvalue weighted by atomic mass is 16.6. The quantitative estimate of drug-likeness (QED) is 0.537. The molecular weight excluding hydrogens is 446 g/mol. The minimum absolute atomic E-state index is 0.398. The summed E-state index contributed by atoms with van der Waals surface area (Å²) in [7, 11) is 0. The first kappa shape index (κ1) is 22.5. The van der Waals surface area contributed by atoms with E-state index in [-0.39, 0.29) is 0 Å². The zero-order valence-electron chi connectivity index (χ0n) is 19.2. The maximum Gasteiger partial charge on any atom is 0.325 e. The van der Waals surface area contributed by atoms with Gasteiger partial charge in [0.1, 0.15) is 25.3 Å². The second kappa shape index (κ2) is 9.13. The highest BCUT2D eigenvalue weighted by molar-refractivity contribution is 6.10. The van der Waals surface area contributed by atoms with Crippen LogP contribution in [0.1, 0.15) is 23.6 Å². The highest BCUT2D eigenvalue weighted by Gasteiger charge is 2.49. The molecule has 2 N–H and O–H groups in total. The monoisotopic (exact) mass is 471 g/mol. The van der Waals surface area contributed by atoms with Gasteiger partial charge in [-0.2, -0.15) is 0 Å². The predicted octanol–water partition coefficient (Wildman–Crippen LogP) is 3.45. The number of carbonyl (C=O) groups excluding carboxylic acids is 3. The van der Waals surface area contributed by atoms with Gasteiger partial charge in [0, 0.05) is 5.69 Å². The molecule has 8 heteroatoms. The Bertz CT molecular complexity index is 1290. The molecule has 0 spiro atoms. The summed E-state index contributed by atoms with van der Waals surface area (Å²) in [5, 5.41) is 5.59. The largest absolute Gasteiger partial charge is 0.486 e. The summed E-state index contributed by atoms with van der Waals surface area (Å²) >= 11 is 0. The molecule has 8 nitrogen and oxygen atoms in total. The Morgan fingerprint density at radius 2 is 1.69 bits per heavy atom. The van der Waals surface area contributed by atoms with E-state index in [0.29, 0.717) is 42.4 Å². The lowest BCUT2D eigenvalue weighted by Crippen LogP contribution is -2.42. The van der Waals surface area contributed by atoms with E-state index < -0.39 is 29.9 Å². The van der Waals surface area contributed by atoms with Gasteiger partial charge in [-0.05, 0) is 48.2 Å². The number of carbonyl (C=O) groups is 3. The molecule has 1 fully saturated rings. The molecule has 0 aliphatic carbocycles. The van der Waals surface area contributed by atoms with E-state index in [9.17, 15) is 14.4 Å². The summed E-state index contributed by atoms with van der Waals surface area (Å²) in [6, 6.07) is 21.9. The number of nitrogens with one attached hydrogen (secondary N) is 2. The fourth-order valence-corrected chi connectivity index (χ4v) is 4.34. The molecular formula is C27H25N3O5. The Kier molecular flexibility index (Phi) is 5.86. The van der Waals surface area contributed by atoms with Crippen LogP contribution in [0.3, 0.4) is 0 Å². The van der Waals surface area contributed by atoms with Crippen molar-refractivity contribution in [3.05, 3.63) is 89.5 Å². The SMILES string of the molecule is CC1(c2ccc3c(c2)OCCO3)NC(=O)N(CC(=O)Nc2ccccc2Cc2ccccc2)C1=O. The summed E-state index contributed by atoms with van der Waals surface area (Å²) in [5.74, 6) is 0.140. The summed E-state index contributed by atoms with van der Waals surface area (Å²) in [6.07, 6.45) is 0.641. The van der Waals surface area contributed by atoms with E-state index in [1.807, 2.05) is 48.5 Å². The van der Waals surface area contributed by atoms with Gasteiger partial charge < -0.3 is 20.1 Å². The number of urea groups is 1. The molecule has 1 saturated heterocycles.